The third kappa shape index (κ3) is 4.63. The first-order valence-electron chi connectivity index (χ1n) is 8.41. The van der Waals surface area contributed by atoms with E-state index in [9.17, 15) is 4.39 Å². The largest absolute Gasteiger partial charge is 0.497 e. The zero-order valence-electron chi connectivity index (χ0n) is 15.4. The lowest BCUT2D eigenvalue weighted by atomic mass is 10.2. The van der Waals surface area contributed by atoms with Crippen molar-refractivity contribution in [2.45, 2.75) is 13.5 Å². The van der Waals surface area contributed by atoms with Crippen LogP contribution in [0.2, 0.25) is 0 Å². The van der Waals surface area contributed by atoms with E-state index in [4.69, 9.17) is 9.47 Å². The van der Waals surface area contributed by atoms with E-state index < -0.39 is 0 Å². The van der Waals surface area contributed by atoms with Crippen molar-refractivity contribution in [2.75, 3.05) is 24.9 Å². The molecule has 1 aromatic heterocycles. The fourth-order valence-corrected chi connectivity index (χ4v) is 2.56. The van der Waals surface area contributed by atoms with Crippen LogP contribution < -0.4 is 20.1 Å². The summed E-state index contributed by atoms with van der Waals surface area (Å²) >= 11 is 0. The van der Waals surface area contributed by atoms with Crippen LogP contribution in [0.5, 0.6) is 11.5 Å². The van der Waals surface area contributed by atoms with Gasteiger partial charge in [-0.2, -0.15) is 4.98 Å². The Morgan fingerprint density at radius 1 is 1.00 bits per heavy atom. The maximum Gasteiger partial charge on any atom is 0.229 e. The van der Waals surface area contributed by atoms with Crippen molar-refractivity contribution in [1.29, 1.82) is 0 Å². The summed E-state index contributed by atoms with van der Waals surface area (Å²) < 4.78 is 24.4. The molecular weight excluding hydrogens is 347 g/mol. The topological polar surface area (TPSA) is 68.3 Å². The number of methoxy groups -OCH3 is 2. The number of nitrogens with one attached hydrogen (secondary N) is 2. The summed E-state index contributed by atoms with van der Waals surface area (Å²) in [5.41, 5.74) is 2.06. The number of benzene rings is 2. The van der Waals surface area contributed by atoms with Gasteiger partial charge in [0.2, 0.25) is 5.95 Å². The highest BCUT2D eigenvalue weighted by atomic mass is 19.1. The summed E-state index contributed by atoms with van der Waals surface area (Å²) in [5.74, 6) is 2.06. The molecule has 0 saturated heterocycles. The van der Waals surface area contributed by atoms with E-state index in [1.54, 1.807) is 44.6 Å². The molecule has 0 aliphatic rings. The van der Waals surface area contributed by atoms with Gasteiger partial charge >= 0.3 is 0 Å². The molecule has 140 valence electrons. The zero-order chi connectivity index (χ0) is 19.2. The van der Waals surface area contributed by atoms with E-state index in [0.717, 1.165) is 5.69 Å². The predicted octanol–water partition coefficient (Wildman–Crippen LogP) is 4.30. The van der Waals surface area contributed by atoms with Gasteiger partial charge in [0, 0.05) is 29.9 Å². The summed E-state index contributed by atoms with van der Waals surface area (Å²) in [6, 6.07) is 13.9. The van der Waals surface area contributed by atoms with Gasteiger partial charge in [0.25, 0.3) is 0 Å². The van der Waals surface area contributed by atoms with Gasteiger partial charge < -0.3 is 20.1 Å². The van der Waals surface area contributed by atoms with Gasteiger partial charge in [-0.3, -0.25) is 0 Å². The first-order chi connectivity index (χ1) is 13.1. The highest BCUT2D eigenvalue weighted by molar-refractivity contribution is 5.65. The molecule has 6 nitrogen and oxygen atoms in total. The number of hydrogen-bond acceptors (Lipinski definition) is 6. The first-order valence-corrected chi connectivity index (χ1v) is 8.41. The number of nitrogens with zero attached hydrogens (tertiary/aromatic N) is 2. The van der Waals surface area contributed by atoms with Gasteiger partial charge in [-0.15, -0.1) is 0 Å². The monoisotopic (exact) mass is 368 g/mol. The fraction of sp³-hybridized carbons (Fsp3) is 0.200. The number of hydrogen-bond donors (Lipinski definition) is 2. The lowest BCUT2D eigenvalue weighted by Gasteiger charge is -2.13. The molecule has 0 unspecified atom stereocenters. The molecular formula is C20H21FN4O2. The molecule has 0 spiro atoms. The average Bonchev–Trinajstić information content (AvgIpc) is 2.67. The molecule has 0 amide bonds. The molecule has 3 aromatic rings. The molecule has 2 aromatic carbocycles. The molecule has 1 heterocycles. The molecule has 0 saturated carbocycles. The number of aromatic nitrogens is 2. The molecule has 27 heavy (non-hydrogen) atoms. The standard InChI is InChI=1S/C20H21FN4O2/c1-13-10-19(22-12-14-6-4-5-7-16(14)21)25-20(23-13)24-17-9-8-15(26-2)11-18(17)27-3/h4-11H,12H2,1-3H3,(H2,22,23,24,25). The van der Waals surface area contributed by atoms with Crippen LogP contribution in [0, 0.1) is 12.7 Å². The smallest absolute Gasteiger partial charge is 0.229 e. The zero-order valence-corrected chi connectivity index (χ0v) is 15.4. The van der Waals surface area contributed by atoms with E-state index in [-0.39, 0.29) is 5.82 Å². The van der Waals surface area contributed by atoms with E-state index in [0.29, 0.717) is 41.1 Å². The molecule has 0 aliphatic heterocycles. The van der Waals surface area contributed by atoms with Crippen LogP contribution in [0.3, 0.4) is 0 Å². The Morgan fingerprint density at radius 2 is 1.81 bits per heavy atom. The van der Waals surface area contributed by atoms with Gasteiger partial charge in [-0.25, -0.2) is 9.37 Å². The van der Waals surface area contributed by atoms with Crippen molar-refractivity contribution in [3.63, 3.8) is 0 Å². The van der Waals surface area contributed by atoms with Gasteiger partial charge in [0.1, 0.15) is 23.1 Å². The van der Waals surface area contributed by atoms with Gasteiger partial charge in [-0.05, 0) is 25.1 Å². The van der Waals surface area contributed by atoms with Gasteiger partial charge in [-0.1, -0.05) is 18.2 Å². The van der Waals surface area contributed by atoms with Crippen LogP contribution in [-0.4, -0.2) is 24.2 Å². The molecule has 0 aliphatic carbocycles. The summed E-state index contributed by atoms with van der Waals surface area (Å²) in [7, 11) is 3.18. The number of aryl methyl sites for hydroxylation is 1. The van der Waals surface area contributed by atoms with E-state index in [1.165, 1.54) is 6.07 Å². The maximum absolute atomic E-state index is 13.8. The predicted molar refractivity (Wildman–Crippen MR) is 103 cm³/mol. The van der Waals surface area contributed by atoms with Crippen molar-refractivity contribution < 1.29 is 13.9 Å². The van der Waals surface area contributed by atoms with Crippen LogP contribution in [0.1, 0.15) is 11.3 Å². The summed E-state index contributed by atoms with van der Waals surface area (Å²) in [6.45, 7) is 2.20. The average molecular weight is 368 g/mol. The minimum atomic E-state index is -0.253. The Labute approximate surface area is 157 Å². The third-order valence-electron chi connectivity index (χ3n) is 3.93. The molecule has 3 rings (SSSR count). The summed E-state index contributed by atoms with van der Waals surface area (Å²) in [5, 5.41) is 6.28. The van der Waals surface area contributed by atoms with Crippen molar-refractivity contribution >= 4 is 17.5 Å². The quantitative estimate of drug-likeness (QED) is 0.648. The van der Waals surface area contributed by atoms with Crippen LogP contribution in [0.25, 0.3) is 0 Å². The first kappa shape index (κ1) is 18.4. The van der Waals surface area contributed by atoms with Crippen LogP contribution >= 0.6 is 0 Å². The normalized spacial score (nSPS) is 10.4. The van der Waals surface area contributed by atoms with Crippen molar-refractivity contribution in [1.82, 2.24) is 9.97 Å². The van der Waals surface area contributed by atoms with Gasteiger partial charge in [0.05, 0.1) is 19.9 Å². The maximum atomic E-state index is 13.8. The highest BCUT2D eigenvalue weighted by Crippen LogP contribution is 2.30. The van der Waals surface area contributed by atoms with Crippen LogP contribution in [-0.2, 0) is 6.54 Å². The Bertz CT molecular complexity index is 934. The number of ether oxygens (including phenoxy) is 2. The van der Waals surface area contributed by atoms with E-state index >= 15 is 0 Å². The lowest BCUT2D eigenvalue weighted by Crippen LogP contribution is -2.07. The number of rotatable bonds is 7. The molecule has 0 fully saturated rings. The molecule has 0 atom stereocenters. The van der Waals surface area contributed by atoms with Crippen molar-refractivity contribution in [3.8, 4) is 11.5 Å². The number of halogens is 1. The molecule has 2 N–H and O–H groups in total. The SMILES string of the molecule is COc1ccc(Nc2nc(C)cc(NCc3ccccc3F)n2)c(OC)c1. The number of anilines is 3. The van der Waals surface area contributed by atoms with E-state index in [1.807, 2.05) is 19.1 Å². The minimum absolute atomic E-state index is 0.253. The van der Waals surface area contributed by atoms with Crippen LogP contribution in [0.15, 0.2) is 48.5 Å². The Kier molecular flexibility index (Phi) is 5.71. The van der Waals surface area contributed by atoms with Crippen LogP contribution in [0.4, 0.5) is 21.8 Å². The second kappa shape index (κ2) is 8.35. The summed E-state index contributed by atoms with van der Waals surface area (Å²) in [6.07, 6.45) is 0. The van der Waals surface area contributed by atoms with Gasteiger partial charge in [0.15, 0.2) is 0 Å². The molecule has 0 radical (unpaired) electrons. The van der Waals surface area contributed by atoms with Crippen molar-refractivity contribution in [3.05, 3.63) is 65.6 Å². The fourth-order valence-electron chi connectivity index (χ4n) is 2.56. The molecule has 0 bridgehead atoms. The second-order valence-electron chi connectivity index (χ2n) is 5.85. The Balaban J connectivity index is 1.78. The Morgan fingerprint density at radius 3 is 2.56 bits per heavy atom. The Hall–Kier alpha value is -3.35. The van der Waals surface area contributed by atoms with E-state index in [2.05, 4.69) is 20.6 Å². The lowest BCUT2D eigenvalue weighted by molar-refractivity contribution is 0.395. The minimum Gasteiger partial charge on any atom is -0.497 e. The summed E-state index contributed by atoms with van der Waals surface area (Å²) in [4.78, 5) is 8.85. The van der Waals surface area contributed by atoms with Crippen molar-refractivity contribution in [2.24, 2.45) is 0 Å². The third-order valence-corrected chi connectivity index (χ3v) is 3.93. The molecule has 7 heteroatoms. The highest BCUT2D eigenvalue weighted by Gasteiger charge is 2.09. The second-order valence-corrected chi connectivity index (χ2v) is 5.85.